The van der Waals surface area contributed by atoms with Gasteiger partial charge >= 0.3 is 12.4 Å². The van der Waals surface area contributed by atoms with Gasteiger partial charge < -0.3 is 28.4 Å². The molecule has 10 aliphatic rings. The lowest BCUT2D eigenvalue weighted by Gasteiger charge is -2.62. The normalized spacial score (nSPS) is 50.0. The molecule has 0 amide bonds. The van der Waals surface area contributed by atoms with Crippen molar-refractivity contribution >= 4 is 0 Å². The Hall–Kier alpha value is -1.50. The van der Waals surface area contributed by atoms with Crippen LogP contribution >= 0.6 is 0 Å². The quantitative estimate of drug-likeness (QED) is 0.111. The number of fused-ring (bicyclic) bond motifs is 4. The van der Waals surface area contributed by atoms with Crippen LogP contribution in [0.3, 0.4) is 0 Å². The third-order valence-corrected chi connectivity index (χ3v) is 13.6. The maximum atomic E-state index is 15.1. The summed E-state index contributed by atoms with van der Waals surface area (Å²) >= 11 is 0. The minimum Gasteiger partial charge on any atom is -0.456 e. The average Bonchev–Trinajstić information content (AvgIpc) is 3.44. The Morgan fingerprint density at radius 1 is 0.692 bits per heavy atom. The van der Waals surface area contributed by atoms with Crippen molar-refractivity contribution in [2.24, 2.45) is 41.4 Å². The summed E-state index contributed by atoms with van der Waals surface area (Å²) in [5.74, 6) is -9.26. The Balaban J connectivity index is 0.974. The van der Waals surface area contributed by atoms with Gasteiger partial charge in [-0.05, 0) is 70.1 Å². The first-order chi connectivity index (χ1) is 24.4. The molecule has 7 saturated heterocycles. The first kappa shape index (κ1) is 37.4. The van der Waals surface area contributed by atoms with Crippen LogP contribution in [-0.2, 0) is 48.0 Å². The topological polar surface area (TPSA) is 92.3 Å². The maximum Gasteiger partial charge on any atom is 0.449 e. The molecule has 0 aromatic rings. The highest BCUT2D eigenvalue weighted by Crippen LogP contribution is 2.65. The van der Waals surface area contributed by atoms with Crippen LogP contribution < -0.4 is 0 Å². The summed E-state index contributed by atoms with van der Waals surface area (Å²) < 4.78 is 124. The van der Waals surface area contributed by atoms with Crippen molar-refractivity contribution < 1.29 is 74.3 Å². The van der Waals surface area contributed by atoms with E-state index in [1.807, 2.05) is 6.92 Å². The molecule has 10 rings (SSSR count). The van der Waals surface area contributed by atoms with Gasteiger partial charge in [-0.25, -0.2) is 19.6 Å². The lowest BCUT2D eigenvalue weighted by molar-refractivity contribution is -0.598. The van der Waals surface area contributed by atoms with Crippen LogP contribution in [-0.4, -0.2) is 73.3 Å². The summed E-state index contributed by atoms with van der Waals surface area (Å²) in [7, 11) is 0. The zero-order valence-electron chi connectivity index (χ0n) is 30.0. The van der Waals surface area contributed by atoms with Crippen LogP contribution in [0.25, 0.3) is 0 Å². The second-order valence-electron chi connectivity index (χ2n) is 16.6. The van der Waals surface area contributed by atoms with Gasteiger partial charge in [-0.1, -0.05) is 32.9 Å². The fourth-order valence-corrected chi connectivity index (χ4v) is 10.9. The van der Waals surface area contributed by atoms with Crippen molar-refractivity contribution in [3.63, 3.8) is 0 Å². The monoisotopic (exact) mass is 754 g/mol. The van der Waals surface area contributed by atoms with E-state index in [-0.39, 0.29) is 35.9 Å². The standard InChI is InChI=1S/C36H48F6O10/c1-19-8-10-25-21(3)34(36(40,41)42,48-29-32(25)23(19)12-15-31(5,47-29)50-51-32)44-17-7-6-16-43-18-22-26-11-9-20(2)24-13-14-30(4)46-28(33(24,26)52-49-30)45-27(22)35(37,38)39/h6-7,19-21,23-26,28-29H,8-18H2,1-5H3/b7-6+/t19-,20-,21-,23?,24?,25+,26+,28-,29+,30+,31+,32-,33-,34-/m1/s1. The fourth-order valence-electron chi connectivity index (χ4n) is 10.9. The van der Waals surface area contributed by atoms with Crippen LogP contribution in [0.2, 0.25) is 0 Å². The van der Waals surface area contributed by atoms with Crippen LogP contribution in [0, 0.1) is 41.4 Å². The molecule has 8 heterocycles. The molecular formula is C36H48F6O10. The van der Waals surface area contributed by atoms with Crippen molar-refractivity contribution in [3.8, 4) is 0 Å². The van der Waals surface area contributed by atoms with Gasteiger partial charge in [0.25, 0.3) is 5.79 Å². The zero-order chi connectivity index (χ0) is 37.1. The summed E-state index contributed by atoms with van der Waals surface area (Å²) in [6.07, 6.45) is -5.34. The highest BCUT2D eigenvalue weighted by molar-refractivity contribution is 5.28. The number of rotatable bonds is 7. The number of allylic oxidation sites excluding steroid dienone is 1. The van der Waals surface area contributed by atoms with E-state index < -0.39 is 90.2 Å². The van der Waals surface area contributed by atoms with E-state index in [9.17, 15) is 13.2 Å². The number of hydrogen-bond donors (Lipinski definition) is 0. The third-order valence-electron chi connectivity index (χ3n) is 13.6. The molecule has 2 saturated carbocycles. The van der Waals surface area contributed by atoms with Gasteiger partial charge in [-0.15, -0.1) is 0 Å². The molecule has 0 aromatic heterocycles. The molecule has 0 aromatic carbocycles. The molecule has 0 radical (unpaired) electrons. The van der Waals surface area contributed by atoms with Crippen LogP contribution in [0.1, 0.15) is 86.0 Å². The van der Waals surface area contributed by atoms with Gasteiger partial charge in [0.15, 0.2) is 17.5 Å². The Bertz CT molecular complexity index is 1460. The fraction of sp³-hybridized carbons (Fsp3) is 0.889. The lowest BCUT2D eigenvalue weighted by atomic mass is 9.57. The van der Waals surface area contributed by atoms with Crippen molar-refractivity contribution in [2.45, 2.75) is 139 Å². The highest BCUT2D eigenvalue weighted by atomic mass is 19.4. The smallest absolute Gasteiger partial charge is 0.449 e. The molecule has 14 atom stereocenters. The zero-order valence-corrected chi connectivity index (χ0v) is 30.0. The van der Waals surface area contributed by atoms with E-state index >= 15 is 13.2 Å². The SMILES string of the molecule is C[C@@H]1CC[C@H]2C(COC/C=C/CO[C@@]3(C(F)(F)F)O[C@@H]4O[C@]5(C)CCC6[C@H](C)CC[C@@H]([C@H]3C)[C@]64OO5)=C(C(F)(F)F)O[C@@H]3O[C@]4(C)CCC1[C@]32OO4. The number of alkyl halides is 6. The molecular weight excluding hydrogens is 706 g/mol. The number of halogens is 6. The van der Waals surface area contributed by atoms with Gasteiger partial charge in [0.2, 0.25) is 23.6 Å². The largest absolute Gasteiger partial charge is 0.456 e. The number of ether oxygens (including phenoxy) is 6. The van der Waals surface area contributed by atoms with Gasteiger partial charge in [-0.3, -0.25) is 0 Å². The van der Waals surface area contributed by atoms with Crippen molar-refractivity contribution in [1.82, 2.24) is 0 Å². The van der Waals surface area contributed by atoms with Crippen molar-refractivity contribution in [2.75, 3.05) is 19.8 Å². The second kappa shape index (κ2) is 12.5. The molecule has 9 fully saturated rings. The van der Waals surface area contributed by atoms with Crippen LogP contribution in [0.15, 0.2) is 23.5 Å². The molecule has 2 aliphatic carbocycles. The second-order valence-corrected chi connectivity index (χ2v) is 16.6. The van der Waals surface area contributed by atoms with Crippen LogP contribution in [0.5, 0.6) is 0 Å². The molecule has 2 unspecified atom stereocenters. The van der Waals surface area contributed by atoms with Gasteiger partial charge in [0.05, 0.1) is 19.8 Å². The van der Waals surface area contributed by atoms with E-state index in [2.05, 4.69) is 6.92 Å². The van der Waals surface area contributed by atoms with Crippen molar-refractivity contribution in [3.05, 3.63) is 23.5 Å². The Morgan fingerprint density at radius 2 is 1.29 bits per heavy atom. The van der Waals surface area contributed by atoms with Crippen LogP contribution in [0.4, 0.5) is 26.3 Å². The Kier molecular flexibility index (Phi) is 9.00. The molecule has 294 valence electrons. The molecule has 10 nitrogen and oxygen atoms in total. The maximum absolute atomic E-state index is 15.1. The Morgan fingerprint density at radius 3 is 1.94 bits per heavy atom. The van der Waals surface area contributed by atoms with Crippen molar-refractivity contribution in [1.29, 1.82) is 0 Å². The van der Waals surface area contributed by atoms with Gasteiger partial charge in [0.1, 0.15) is 0 Å². The lowest BCUT2D eigenvalue weighted by Crippen LogP contribution is -2.76. The minimum absolute atomic E-state index is 0.102. The highest BCUT2D eigenvalue weighted by Gasteiger charge is 2.77. The summed E-state index contributed by atoms with van der Waals surface area (Å²) in [4.78, 5) is 23.4. The van der Waals surface area contributed by atoms with Gasteiger partial charge in [-0.2, -0.15) is 26.3 Å². The molecule has 4 bridgehead atoms. The molecule has 8 aliphatic heterocycles. The summed E-state index contributed by atoms with van der Waals surface area (Å²) in [5, 5.41) is 0. The predicted octanol–water partition coefficient (Wildman–Crippen LogP) is 7.78. The molecule has 16 heteroatoms. The van der Waals surface area contributed by atoms with E-state index in [4.69, 9.17) is 48.0 Å². The van der Waals surface area contributed by atoms with E-state index in [1.54, 1.807) is 13.8 Å². The van der Waals surface area contributed by atoms with E-state index in [0.717, 1.165) is 0 Å². The summed E-state index contributed by atoms with van der Waals surface area (Å²) in [6.45, 7) is 7.67. The van der Waals surface area contributed by atoms with E-state index in [1.165, 1.54) is 19.1 Å². The molecule has 52 heavy (non-hydrogen) atoms. The number of hydrogen-bond acceptors (Lipinski definition) is 10. The Labute approximate surface area is 298 Å². The van der Waals surface area contributed by atoms with E-state index in [0.29, 0.717) is 51.4 Å². The first-order valence-electron chi connectivity index (χ1n) is 18.6. The average molecular weight is 755 g/mol. The predicted molar refractivity (Wildman–Crippen MR) is 165 cm³/mol. The third kappa shape index (κ3) is 5.47. The summed E-state index contributed by atoms with van der Waals surface area (Å²) in [6, 6.07) is 0. The van der Waals surface area contributed by atoms with Gasteiger partial charge in [0, 0.05) is 42.1 Å². The first-order valence-corrected chi connectivity index (χ1v) is 18.6. The minimum atomic E-state index is -4.94. The molecule has 0 N–H and O–H groups in total. The molecule has 2 spiro atoms. The summed E-state index contributed by atoms with van der Waals surface area (Å²) in [5.41, 5.74) is -2.60.